The highest BCUT2D eigenvalue weighted by Crippen LogP contribution is 2.39. The van der Waals surface area contributed by atoms with Gasteiger partial charge in [0, 0.05) is 35.2 Å². The number of nitrogens with one attached hydrogen (secondary N) is 1. The molecule has 3 aromatic rings. The first-order chi connectivity index (χ1) is 15.8. The summed E-state index contributed by atoms with van der Waals surface area (Å²) in [4.78, 5) is 19.7. The van der Waals surface area contributed by atoms with Gasteiger partial charge in [0.2, 0.25) is 5.91 Å². The van der Waals surface area contributed by atoms with Crippen LogP contribution in [0.3, 0.4) is 0 Å². The lowest BCUT2D eigenvalue weighted by Gasteiger charge is -2.26. The van der Waals surface area contributed by atoms with E-state index in [-0.39, 0.29) is 28.5 Å². The van der Waals surface area contributed by atoms with E-state index in [1.807, 2.05) is 31.2 Å². The number of benzene rings is 2. The first-order valence-corrected chi connectivity index (χ1v) is 13.0. The Morgan fingerprint density at radius 2 is 1.91 bits per heavy atom. The topological polar surface area (TPSA) is 74.1 Å². The van der Waals surface area contributed by atoms with Crippen molar-refractivity contribution < 1.29 is 13.4 Å². The highest BCUT2D eigenvalue weighted by atomic mass is 32.2. The minimum atomic E-state index is -3.23. The van der Waals surface area contributed by atoms with Crippen molar-refractivity contribution in [2.45, 2.75) is 44.0 Å². The fourth-order valence-electron chi connectivity index (χ4n) is 5.05. The Morgan fingerprint density at radius 3 is 2.64 bits per heavy atom. The molecule has 0 spiro atoms. The summed E-state index contributed by atoms with van der Waals surface area (Å²) in [7, 11) is -3.23. The number of amides is 1. The van der Waals surface area contributed by atoms with Gasteiger partial charge < -0.3 is 4.90 Å². The van der Waals surface area contributed by atoms with Gasteiger partial charge in [0.1, 0.15) is 5.82 Å². The third kappa shape index (κ3) is 3.74. The lowest BCUT2D eigenvalue weighted by molar-refractivity contribution is -0.122. The molecule has 0 saturated heterocycles. The zero-order valence-electron chi connectivity index (χ0n) is 18.7. The van der Waals surface area contributed by atoms with E-state index in [1.165, 1.54) is 17.7 Å². The monoisotopic (exact) mass is 463 g/mol. The molecule has 0 radical (unpaired) electrons. The average Bonchev–Trinajstić information content (AvgIpc) is 3.38. The number of carbonyl (C=O) groups excluding carboxylic acids is 1. The first kappa shape index (κ1) is 21.8. The Bertz CT molecular complexity index is 1360. The van der Waals surface area contributed by atoms with Gasteiger partial charge in [0.05, 0.1) is 20.3 Å². The van der Waals surface area contributed by atoms with Crippen LogP contribution in [-0.4, -0.2) is 26.9 Å². The Balaban J connectivity index is 1.44. The number of hydrogen-bond acceptors (Lipinski definition) is 4. The summed E-state index contributed by atoms with van der Waals surface area (Å²) >= 11 is 0. The minimum absolute atomic E-state index is 0.00220. The van der Waals surface area contributed by atoms with Crippen molar-refractivity contribution in [1.29, 1.82) is 4.78 Å². The van der Waals surface area contributed by atoms with E-state index in [1.54, 1.807) is 18.0 Å². The molecule has 5 rings (SSSR count). The van der Waals surface area contributed by atoms with Crippen LogP contribution in [0.1, 0.15) is 30.5 Å². The van der Waals surface area contributed by atoms with E-state index in [2.05, 4.69) is 17.1 Å². The number of nitrogens with zero attached hydrogens (tertiary/aromatic N) is 2. The van der Waals surface area contributed by atoms with Crippen LogP contribution in [0, 0.1) is 16.5 Å². The highest BCUT2D eigenvalue weighted by Gasteiger charge is 2.38. The zero-order valence-corrected chi connectivity index (χ0v) is 19.5. The SMILES string of the molecule is CC[S@@](=N)(=O)c1cc2c(cc1F)C[C@H](C)N2C(=O)[C@@H]1Cc2ccc(-c3ccccn3)cc2C1. The van der Waals surface area contributed by atoms with Crippen molar-refractivity contribution in [1.82, 2.24) is 4.98 Å². The van der Waals surface area contributed by atoms with Crippen LogP contribution in [0.25, 0.3) is 11.3 Å². The van der Waals surface area contributed by atoms with Crippen molar-refractivity contribution >= 4 is 21.3 Å². The Labute approximate surface area is 193 Å². The van der Waals surface area contributed by atoms with Gasteiger partial charge in [0.25, 0.3) is 0 Å². The molecule has 0 fully saturated rings. The summed E-state index contributed by atoms with van der Waals surface area (Å²) in [5, 5.41) is 0. The zero-order chi connectivity index (χ0) is 23.3. The largest absolute Gasteiger partial charge is 0.309 e. The lowest BCUT2D eigenvalue weighted by atomic mass is 10.0. The molecule has 1 aliphatic carbocycles. The summed E-state index contributed by atoms with van der Waals surface area (Å²) in [5.41, 5.74) is 5.59. The van der Waals surface area contributed by atoms with E-state index in [0.29, 0.717) is 24.9 Å². The number of fused-ring (bicyclic) bond motifs is 2. The van der Waals surface area contributed by atoms with Gasteiger partial charge >= 0.3 is 0 Å². The predicted octanol–water partition coefficient (Wildman–Crippen LogP) is 5.01. The number of anilines is 1. The first-order valence-electron chi connectivity index (χ1n) is 11.2. The van der Waals surface area contributed by atoms with Gasteiger partial charge in [-0.15, -0.1) is 0 Å². The fourth-order valence-corrected chi connectivity index (χ4v) is 6.03. The van der Waals surface area contributed by atoms with Crippen molar-refractivity contribution in [3.8, 4) is 11.3 Å². The maximum atomic E-state index is 14.6. The van der Waals surface area contributed by atoms with Crippen LogP contribution in [0.15, 0.2) is 59.6 Å². The summed E-state index contributed by atoms with van der Waals surface area (Å²) in [6, 6.07) is 14.8. The molecule has 3 atom stereocenters. The third-order valence-corrected chi connectivity index (χ3v) is 8.63. The number of pyridine rings is 1. The second-order valence-electron chi connectivity index (χ2n) is 8.94. The standard InChI is InChI=1S/C26H26FN3O2S/c1-3-33(28,32)25-15-24-20(14-22(25)27)10-16(2)30(24)26(31)21-11-17-7-8-18(12-19(17)13-21)23-6-4-5-9-29-23/h4-9,12,14-16,21,28H,3,10-11,13H2,1-2H3/t16-,21+,33+/m0/s1. The molecular formula is C26H26FN3O2S. The van der Waals surface area contributed by atoms with Crippen LogP contribution >= 0.6 is 0 Å². The van der Waals surface area contributed by atoms with Gasteiger partial charge in [-0.3, -0.25) is 9.78 Å². The van der Waals surface area contributed by atoms with Crippen molar-refractivity contribution in [3.63, 3.8) is 0 Å². The van der Waals surface area contributed by atoms with Crippen molar-refractivity contribution in [2.24, 2.45) is 5.92 Å². The second-order valence-corrected chi connectivity index (χ2v) is 11.3. The van der Waals surface area contributed by atoms with Crippen molar-refractivity contribution in [3.05, 3.63) is 77.2 Å². The quantitative estimate of drug-likeness (QED) is 0.591. The van der Waals surface area contributed by atoms with E-state index in [9.17, 15) is 13.4 Å². The molecule has 1 N–H and O–H groups in total. The van der Waals surface area contributed by atoms with Crippen LogP contribution < -0.4 is 4.90 Å². The van der Waals surface area contributed by atoms with E-state index in [0.717, 1.165) is 22.4 Å². The molecule has 0 saturated carbocycles. The van der Waals surface area contributed by atoms with Gasteiger partial charge in [-0.25, -0.2) is 13.4 Å². The fraction of sp³-hybridized carbons (Fsp3) is 0.308. The second kappa shape index (κ2) is 8.06. The number of carbonyl (C=O) groups is 1. The number of aromatic nitrogens is 1. The molecule has 33 heavy (non-hydrogen) atoms. The summed E-state index contributed by atoms with van der Waals surface area (Å²) in [6.07, 6.45) is 3.62. The van der Waals surface area contributed by atoms with Gasteiger partial charge in [0.15, 0.2) is 0 Å². The normalized spacial score (nSPS) is 20.9. The van der Waals surface area contributed by atoms with E-state index in [4.69, 9.17) is 4.78 Å². The summed E-state index contributed by atoms with van der Waals surface area (Å²) in [6.45, 7) is 3.57. The Kier molecular flexibility index (Phi) is 5.32. The third-order valence-electron chi connectivity index (χ3n) is 6.80. The molecule has 7 heteroatoms. The minimum Gasteiger partial charge on any atom is -0.309 e. The molecule has 2 aromatic carbocycles. The van der Waals surface area contributed by atoms with Crippen LogP contribution in [0.2, 0.25) is 0 Å². The maximum absolute atomic E-state index is 14.6. The molecular weight excluding hydrogens is 437 g/mol. The molecule has 2 aliphatic rings. The van der Waals surface area contributed by atoms with Gasteiger partial charge in [-0.05, 0) is 73.2 Å². The average molecular weight is 464 g/mol. The van der Waals surface area contributed by atoms with E-state index >= 15 is 0 Å². The number of hydrogen-bond donors (Lipinski definition) is 1. The molecule has 0 bridgehead atoms. The Hall–Kier alpha value is -3.06. The highest BCUT2D eigenvalue weighted by molar-refractivity contribution is 7.92. The van der Waals surface area contributed by atoms with E-state index < -0.39 is 15.5 Å². The molecule has 5 nitrogen and oxygen atoms in total. The molecule has 2 heterocycles. The lowest BCUT2D eigenvalue weighted by Crippen LogP contribution is -2.40. The van der Waals surface area contributed by atoms with Gasteiger partial charge in [-0.1, -0.05) is 25.1 Å². The molecule has 1 aliphatic heterocycles. The van der Waals surface area contributed by atoms with Crippen LogP contribution in [0.4, 0.5) is 10.1 Å². The smallest absolute Gasteiger partial charge is 0.231 e. The molecule has 170 valence electrons. The Morgan fingerprint density at radius 1 is 1.12 bits per heavy atom. The number of rotatable bonds is 4. The maximum Gasteiger partial charge on any atom is 0.231 e. The molecule has 1 aromatic heterocycles. The predicted molar refractivity (Wildman–Crippen MR) is 127 cm³/mol. The summed E-state index contributed by atoms with van der Waals surface area (Å²) < 4.78 is 35.3. The van der Waals surface area contributed by atoms with Gasteiger partial charge in [-0.2, -0.15) is 0 Å². The van der Waals surface area contributed by atoms with Crippen molar-refractivity contribution in [2.75, 3.05) is 10.7 Å². The summed E-state index contributed by atoms with van der Waals surface area (Å²) in [5.74, 6) is -0.787. The molecule has 0 unspecified atom stereocenters. The van der Waals surface area contributed by atoms with Crippen LogP contribution in [-0.2, 0) is 33.8 Å². The molecule has 1 amide bonds. The number of halogens is 1. The van der Waals surface area contributed by atoms with Crippen LogP contribution in [0.5, 0.6) is 0 Å².